The molecule has 0 saturated carbocycles. The van der Waals surface area contributed by atoms with Crippen LogP contribution in [0.5, 0.6) is 0 Å². The van der Waals surface area contributed by atoms with Crippen molar-refractivity contribution in [2.75, 3.05) is 26.8 Å². The van der Waals surface area contributed by atoms with Gasteiger partial charge in [0.2, 0.25) is 0 Å². The van der Waals surface area contributed by atoms with Crippen LogP contribution in [0.15, 0.2) is 0 Å². The zero-order valence-electron chi connectivity index (χ0n) is 9.72. The van der Waals surface area contributed by atoms with Crippen molar-refractivity contribution >= 4 is 0 Å². The molecule has 1 fully saturated rings. The van der Waals surface area contributed by atoms with Crippen LogP contribution < -0.4 is 5.32 Å². The molecule has 0 spiro atoms. The Balaban J connectivity index is 2.21. The molecule has 2 atom stereocenters. The maximum atomic E-state index is 5.11. The molecule has 1 saturated heterocycles. The quantitative estimate of drug-likeness (QED) is 0.663. The highest BCUT2D eigenvalue weighted by molar-refractivity contribution is 4.75. The van der Waals surface area contributed by atoms with E-state index in [1.807, 2.05) is 0 Å². The van der Waals surface area contributed by atoms with Crippen molar-refractivity contribution in [2.45, 2.75) is 39.0 Å². The van der Waals surface area contributed by atoms with E-state index in [0.29, 0.717) is 0 Å². The summed E-state index contributed by atoms with van der Waals surface area (Å²) in [5.74, 6) is 1.84. The molecule has 0 aromatic carbocycles. The van der Waals surface area contributed by atoms with Gasteiger partial charge in [-0.1, -0.05) is 13.3 Å². The predicted molar refractivity (Wildman–Crippen MR) is 60.5 cm³/mol. The van der Waals surface area contributed by atoms with E-state index in [1.54, 1.807) is 7.11 Å². The van der Waals surface area contributed by atoms with Gasteiger partial charge in [0, 0.05) is 13.7 Å². The maximum absolute atomic E-state index is 5.11. The van der Waals surface area contributed by atoms with Crippen LogP contribution in [0.4, 0.5) is 0 Å². The topological polar surface area (TPSA) is 21.3 Å². The van der Waals surface area contributed by atoms with Crippen molar-refractivity contribution in [1.82, 2.24) is 5.32 Å². The smallest absolute Gasteiger partial charge is 0.0462 e. The Bertz CT molecular complexity index is 132. The third-order valence-electron chi connectivity index (χ3n) is 3.45. The minimum Gasteiger partial charge on any atom is -0.385 e. The minimum absolute atomic E-state index is 0.915. The Labute approximate surface area is 88.4 Å². The number of rotatable bonds is 6. The van der Waals surface area contributed by atoms with Gasteiger partial charge in [-0.25, -0.2) is 0 Å². The zero-order chi connectivity index (χ0) is 10.2. The number of hydrogen-bond donors (Lipinski definition) is 1. The van der Waals surface area contributed by atoms with Gasteiger partial charge in [-0.05, 0) is 50.6 Å². The standard InChI is InChI=1S/C12H25NO/c1-3-11(7-5-9-14-2)12-6-4-8-13-10-12/h11-13H,3-10H2,1-2H3. The molecule has 0 bridgehead atoms. The Morgan fingerprint density at radius 2 is 2.36 bits per heavy atom. The maximum Gasteiger partial charge on any atom is 0.0462 e. The van der Waals surface area contributed by atoms with Crippen LogP contribution in [0.2, 0.25) is 0 Å². The van der Waals surface area contributed by atoms with E-state index in [4.69, 9.17) is 4.74 Å². The van der Waals surface area contributed by atoms with E-state index in [0.717, 1.165) is 18.4 Å². The second-order valence-electron chi connectivity index (χ2n) is 4.41. The van der Waals surface area contributed by atoms with Crippen molar-refractivity contribution in [3.8, 4) is 0 Å². The fourth-order valence-corrected chi connectivity index (χ4v) is 2.54. The molecule has 0 aromatic heterocycles. The molecule has 1 aliphatic rings. The predicted octanol–water partition coefficient (Wildman–Crippen LogP) is 2.44. The van der Waals surface area contributed by atoms with E-state index >= 15 is 0 Å². The van der Waals surface area contributed by atoms with Crippen LogP contribution in [0.3, 0.4) is 0 Å². The summed E-state index contributed by atoms with van der Waals surface area (Å²) in [6, 6.07) is 0. The fourth-order valence-electron chi connectivity index (χ4n) is 2.54. The van der Waals surface area contributed by atoms with Gasteiger partial charge in [-0.2, -0.15) is 0 Å². The van der Waals surface area contributed by atoms with Crippen molar-refractivity contribution in [3.05, 3.63) is 0 Å². The third-order valence-corrected chi connectivity index (χ3v) is 3.45. The van der Waals surface area contributed by atoms with Crippen LogP contribution in [-0.2, 0) is 4.74 Å². The molecule has 84 valence electrons. The van der Waals surface area contributed by atoms with Crippen LogP contribution in [0.1, 0.15) is 39.0 Å². The first-order chi connectivity index (χ1) is 6.88. The zero-order valence-corrected chi connectivity index (χ0v) is 9.72. The van der Waals surface area contributed by atoms with Crippen molar-refractivity contribution in [2.24, 2.45) is 11.8 Å². The molecule has 2 unspecified atom stereocenters. The van der Waals surface area contributed by atoms with Crippen molar-refractivity contribution in [1.29, 1.82) is 0 Å². The lowest BCUT2D eigenvalue weighted by atomic mass is 9.82. The number of ether oxygens (including phenoxy) is 1. The van der Waals surface area contributed by atoms with Crippen LogP contribution in [-0.4, -0.2) is 26.8 Å². The number of nitrogens with one attached hydrogen (secondary N) is 1. The van der Waals surface area contributed by atoms with E-state index in [-0.39, 0.29) is 0 Å². The Morgan fingerprint density at radius 1 is 1.50 bits per heavy atom. The van der Waals surface area contributed by atoms with Crippen molar-refractivity contribution in [3.63, 3.8) is 0 Å². The monoisotopic (exact) mass is 199 g/mol. The molecule has 0 amide bonds. The Kier molecular flexibility index (Phi) is 6.20. The summed E-state index contributed by atoms with van der Waals surface area (Å²) in [6.45, 7) is 5.72. The lowest BCUT2D eigenvalue weighted by molar-refractivity contribution is 0.171. The number of piperidine rings is 1. The average molecular weight is 199 g/mol. The van der Waals surface area contributed by atoms with E-state index in [2.05, 4.69) is 12.2 Å². The SMILES string of the molecule is CCC(CCCOC)C1CCCNC1. The molecule has 1 rings (SSSR count). The van der Waals surface area contributed by atoms with Gasteiger partial charge in [0.25, 0.3) is 0 Å². The summed E-state index contributed by atoms with van der Waals surface area (Å²) in [4.78, 5) is 0. The Morgan fingerprint density at radius 3 is 2.93 bits per heavy atom. The van der Waals surface area contributed by atoms with Gasteiger partial charge < -0.3 is 10.1 Å². The molecule has 0 radical (unpaired) electrons. The van der Waals surface area contributed by atoms with Crippen LogP contribution >= 0.6 is 0 Å². The van der Waals surface area contributed by atoms with E-state index < -0.39 is 0 Å². The first-order valence-electron chi connectivity index (χ1n) is 6.08. The molecule has 2 nitrogen and oxygen atoms in total. The van der Waals surface area contributed by atoms with E-state index in [9.17, 15) is 0 Å². The molecule has 1 heterocycles. The van der Waals surface area contributed by atoms with Gasteiger partial charge in [0.15, 0.2) is 0 Å². The fraction of sp³-hybridized carbons (Fsp3) is 1.00. The molecule has 2 heteroatoms. The summed E-state index contributed by atoms with van der Waals surface area (Å²) in [5, 5.41) is 3.51. The van der Waals surface area contributed by atoms with Gasteiger partial charge in [-0.3, -0.25) is 0 Å². The normalized spacial score (nSPS) is 24.9. The first kappa shape index (κ1) is 12.0. The molecule has 0 aliphatic carbocycles. The number of methoxy groups -OCH3 is 1. The molecule has 14 heavy (non-hydrogen) atoms. The van der Waals surface area contributed by atoms with Crippen molar-refractivity contribution < 1.29 is 4.74 Å². The lowest BCUT2D eigenvalue weighted by Crippen LogP contribution is -2.34. The largest absolute Gasteiger partial charge is 0.385 e. The second kappa shape index (κ2) is 7.24. The van der Waals surface area contributed by atoms with Gasteiger partial charge in [0.05, 0.1) is 0 Å². The second-order valence-corrected chi connectivity index (χ2v) is 4.41. The molecular weight excluding hydrogens is 174 g/mol. The van der Waals surface area contributed by atoms with Crippen LogP contribution in [0.25, 0.3) is 0 Å². The summed E-state index contributed by atoms with van der Waals surface area (Å²) in [7, 11) is 1.79. The van der Waals surface area contributed by atoms with E-state index in [1.165, 1.54) is 45.2 Å². The summed E-state index contributed by atoms with van der Waals surface area (Å²) in [5.41, 5.74) is 0. The first-order valence-corrected chi connectivity index (χ1v) is 6.08. The molecule has 1 aliphatic heterocycles. The molecule has 0 aromatic rings. The minimum atomic E-state index is 0.915. The Hall–Kier alpha value is -0.0800. The van der Waals surface area contributed by atoms with Crippen LogP contribution in [0, 0.1) is 11.8 Å². The molecular formula is C12H25NO. The third kappa shape index (κ3) is 3.97. The van der Waals surface area contributed by atoms with Gasteiger partial charge in [0.1, 0.15) is 0 Å². The summed E-state index contributed by atoms with van der Waals surface area (Å²) < 4.78 is 5.11. The molecule has 1 N–H and O–H groups in total. The summed E-state index contributed by atoms with van der Waals surface area (Å²) in [6.07, 6.45) is 6.70. The number of hydrogen-bond acceptors (Lipinski definition) is 2. The summed E-state index contributed by atoms with van der Waals surface area (Å²) >= 11 is 0. The highest BCUT2D eigenvalue weighted by Gasteiger charge is 2.21. The highest BCUT2D eigenvalue weighted by Crippen LogP contribution is 2.26. The van der Waals surface area contributed by atoms with Gasteiger partial charge in [-0.15, -0.1) is 0 Å². The lowest BCUT2D eigenvalue weighted by Gasteiger charge is -2.30. The average Bonchev–Trinajstić information content (AvgIpc) is 2.26. The highest BCUT2D eigenvalue weighted by atomic mass is 16.5. The van der Waals surface area contributed by atoms with Gasteiger partial charge >= 0.3 is 0 Å².